The number of aromatic nitrogens is 2. The van der Waals surface area contributed by atoms with E-state index >= 15 is 0 Å². The van der Waals surface area contributed by atoms with Crippen LogP contribution in [0.15, 0.2) is 22.7 Å². The summed E-state index contributed by atoms with van der Waals surface area (Å²) >= 11 is 12.1. The van der Waals surface area contributed by atoms with Crippen molar-refractivity contribution in [2.45, 2.75) is 45.6 Å². The van der Waals surface area contributed by atoms with E-state index in [0.717, 1.165) is 51.7 Å². The van der Waals surface area contributed by atoms with Crippen LogP contribution in [0.4, 0.5) is 0 Å². The fourth-order valence-corrected chi connectivity index (χ4v) is 3.87. The quantitative estimate of drug-likeness (QED) is 0.628. The van der Waals surface area contributed by atoms with E-state index in [1.54, 1.807) is 18.2 Å². The number of nitrogens with one attached hydrogen (secondary N) is 1. The van der Waals surface area contributed by atoms with Crippen molar-refractivity contribution in [3.05, 3.63) is 34.1 Å². The Morgan fingerprint density at radius 1 is 1.29 bits per heavy atom. The first-order chi connectivity index (χ1) is 13.6. The monoisotopic (exact) mass is 424 g/mol. The Hall–Kier alpha value is -1.63. The number of amides is 1. The molecule has 1 aliphatic rings. The molecule has 1 amide bonds. The predicted molar refractivity (Wildman–Crippen MR) is 110 cm³/mol. The zero-order valence-corrected chi connectivity index (χ0v) is 17.6. The Kier molecular flexibility index (Phi) is 7.71. The molecule has 1 saturated heterocycles. The van der Waals surface area contributed by atoms with Gasteiger partial charge in [0, 0.05) is 23.0 Å². The molecule has 1 fully saturated rings. The lowest BCUT2D eigenvalue weighted by molar-refractivity contribution is -0.126. The smallest absolute Gasteiger partial charge is 0.241 e. The molecule has 1 aromatic heterocycles. The van der Waals surface area contributed by atoms with Crippen LogP contribution in [0.3, 0.4) is 0 Å². The molecular formula is C20H26Cl2N4O2. The van der Waals surface area contributed by atoms with Gasteiger partial charge in [-0.1, -0.05) is 48.1 Å². The Bertz CT molecular complexity index is 788. The average molecular weight is 425 g/mol. The van der Waals surface area contributed by atoms with Gasteiger partial charge in [-0.2, -0.15) is 4.98 Å². The zero-order chi connectivity index (χ0) is 19.9. The van der Waals surface area contributed by atoms with Gasteiger partial charge in [0.05, 0.1) is 11.6 Å². The average Bonchev–Trinajstić information content (AvgIpc) is 3.14. The number of nitrogens with zero attached hydrogens (tertiary/aromatic N) is 3. The first-order valence-electron chi connectivity index (χ1n) is 9.85. The van der Waals surface area contributed by atoms with E-state index in [4.69, 9.17) is 27.7 Å². The highest BCUT2D eigenvalue weighted by Gasteiger charge is 2.25. The van der Waals surface area contributed by atoms with E-state index in [9.17, 15) is 4.79 Å². The lowest BCUT2D eigenvalue weighted by Crippen LogP contribution is -2.40. The maximum Gasteiger partial charge on any atom is 0.241 e. The molecule has 0 saturated carbocycles. The van der Waals surface area contributed by atoms with Crippen molar-refractivity contribution in [2.75, 3.05) is 19.6 Å². The molecule has 0 aliphatic carbocycles. The number of hydrogen-bond acceptors (Lipinski definition) is 5. The van der Waals surface area contributed by atoms with E-state index in [1.807, 2.05) is 0 Å². The van der Waals surface area contributed by atoms with Crippen LogP contribution in [-0.2, 0) is 11.3 Å². The standard InChI is InChI=1S/C20H26Cl2N4O2/c1-2-3-4-9-23-20(27)14-7-10-26(11-8-14)13-18-24-19(25-28-18)16-6-5-15(21)12-17(16)22/h5-6,12,14H,2-4,7-11,13H2,1H3,(H,23,27). The van der Waals surface area contributed by atoms with Crippen LogP contribution in [0, 0.1) is 5.92 Å². The highest BCUT2D eigenvalue weighted by atomic mass is 35.5. The van der Waals surface area contributed by atoms with E-state index in [0.29, 0.717) is 33.9 Å². The third kappa shape index (κ3) is 5.69. The Morgan fingerprint density at radius 3 is 2.79 bits per heavy atom. The Balaban J connectivity index is 1.47. The van der Waals surface area contributed by atoms with Crippen molar-refractivity contribution < 1.29 is 9.32 Å². The van der Waals surface area contributed by atoms with E-state index in [2.05, 4.69) is 27.3 Å². The van der Waals surface area contributed by atoms with Gasteiger partial charge in [-0.25, -0.2) is 0 Å². The maximum absolute atomic E-state index is 12.2. The second-order valence-corrected chi connectivity index (χ2v) is 8.03. The van der Waals surface area contributed by atoms with Crippen molar-refractivity contribution in [1.29, 1.82) is 0 Å². The summed E-state index contributed by atoms with van der Waals surface area (Å²) in [4.78, 5) is 18.9. The van der Waals surface area contributed by atoms with Gasteiger partial charge in [0.1, 0.15) is 0 Å². The number of hydrogen-bond donors (Lipinski definition) is 1. The van der Waals surface area contributed by atoms with Gasteiger partial charge < -0.3 is 9.84 Å². The van der Waals surface area contributed by atoms with Crippen LogP contribution in [0.5, 0.6) is 0 Å². The first-order valence-corrected chi connectivity index (χ1v) is 10.6. The topological polar surface area (TPSA) is 71.3 Å². The number of carbonyl (C=O) groups excluding carboxylic acids is 1. The summed E-state index contributed by atoms with van der Waals surface area (Å²) in [6.45, 7) is 5.20. The van der Waals surface area contributed by atoms with Gasteiger partial charge in [0.15, 0.2) is 0 Å². The van der Waals surface area contributed by atoms with E-state index in [1.165, 1.54) is 0 Å². The van der Waals surface area contributed by atoms with E-state index in [-0.39, 0.29) is 11.8 Å². The molecule has 3 rings (SSSR count). The molecule has 8 heteroatoms. The largest absolute Gasteiger partial charge is 0.356 e. The summed E-state index contributed by atoms with van der Waals surface area (Å²) in [5.74, 6) is 1.29. The SMILES string of the molecule is CCCCCNC(=O)C1CCN(Cc2nc(-c3ccc(Cl)cc3Cl)no2)CC1. The minimum Gasteiger partial charge on any atom is -0.356 e. The normalized spacial score (nSPS) is 15.7. The summed E-state index contributed by atoms with van der Waals surface area (Å²) in [5.41, 5.74) is 0.694. The second-order valence-electron chi connectivity index (χ2n) is 7.18. The van der Waals surface area contributed by atoms with Crippen LogP contribution in [0.1, 0.15) is 44.9 Å². The third-order valence-corrected chi connectivity index (χ3v) is 5.58. The van der Waals surface area contributed by atoms with Crippen LogP contribution in [0.25, 0.3) is 11.4 Å². The zero-order valence-electron chi connectivity index (χ0n) is 16.1. The lowest BCUT2D eigenvalue weighted by atomic mass is 9.96. The van der Waals surface area contributed by atoms with Crippen molar-refractivity contribution >= 4 is 29.1 Å². The van der Waals surface area contributed by atoms with Gasteiger partial charge in [0.2, 0.25) is 17.6 Å². The molecule has 1 aromatic carbocycles. The third-order valence-electron chi connectivity index (χ3n) is 5.04. The summed E-state index contributed by atoms with van der Waals surface area (Å²) in [7, 11) is 0. The van der Waals surface area contributed by atoms with Gasteiger partial charge in [-0.3, -0.25) is 9.69 Å². The van der Waals surface area contributed by atoms with Gasteiger partial charge in [-0.05, 0) is 50.6 Å². The molecule has 0 spiro atoms. The molecule has 0 atom stereocenters. The number of likely N-dealkylation sites (tertiary alicyclic amines) is 1. The minimum absolute atomic E-state index is 0.101. The first kappa shape index (κ1) is 21.1. The predicted octanol–water partition coefficient (Wildman–Crippen LogP) is 4.56. The Morgan fingerprint density at radius 2 is 2.07 bits per heavy atom. The van der Waals surface area contributed by atoms with Crippen LogP contribution in [0.2, 0.25) is 10.0 Å². The number of unbranched alkanes of at least 4 members (excludes halogenated alkanes) is 2. The molecule has 1 aliphatic heterocycles. The molecule has 1 N–H and O–H groups in total. The Labute approximate surface area is 175 Å². The fraction of sp³-hybridized carbons (Fsp3) is 0.550. The molecular weight excluding hydrogens is 399 g/mol. The molecule has 2 aromatic rings. The van der Waals surface area contributed by atoms with Gasteiger partial charge >= 0.3 is 0 Å². The van der Waals surface area contributed by atoms with E-state index < -0.39 is 0 Å². The molecule has 152 valence electrons. The molecule has 0 bridgehead atoms. The van der Waals surface area contributed by atoms with Gasteiger partial charge in [0.25, 0.3) is 0 Å². The minimum atomic E-state index is 0.101. The molecule has 6 nitrogen and oxygen atoms in total. The number of carbonyl (C=O) groups is 1. The van der Waals surface area contributed by atoms with Gasteiger partial charge in [-0.15, -0.1) is 0 Å². The lowest BCUT2D eigenvalue weighted by Gasteiger charge is -2.30. The van der Waals surface area contributed by atoms with Crippen molar-refractivity contribution in [1.82, 2.24) is 20.4 Å². The molecule has 0 radical (unpaired) electrons. The molecule has 28 heavy (non-hydrogen) atoms. The van der Waals surface area contributed by atoms with Crippen molar-refractivity contribution in [3.8, 4) is 11.4 Å². The highest BCUT2D eigenvalue weighted by molar-refractivity contribution is 6.36. The summed E-state index contributed by atoms with van der Waals surface area (Å²) < 4.78 is 5.38. The number of benzene rings is 1. The summed E-state index contributed by atoms with van der Waals surface area (Å²) in [6.07, 6.45) is 5.08. The second kappa shape index (κ2) is 10.2. The summed E-state index contributed by atoms with van der Waals surface area (Å²) in [5, 5.41) is 8.15. The number of halogens is 2. The maximum atomic E-state index is 12.2. The van der Waals surface area contributed by atoms with Crippen molar-refractivity contribution in [3.63, 3.8) is 0 Å². The fourth-order valence-electron chi connectivity index (χ4n) is 3.37. The molecule has 0 unspecified atom stereocenters. The highest BCUT2D eigenvalue weighted by Crippen LogP contribution is 2.28. The molecule has 2 heterocycles. The summed E-state index contributed by atoms with van der Waals surface area (Å²) in [6, 6.07) is 5.19. The van der Waals surface area contributed by atoms with Crippen molar-refractivity contribution in [2.24, 2.45) is 5.92 Å². The number of rotatable bonds is 8. The van der Waals surface area contributed by atoms with Crippen LogP contribution in [-0.4, -0.2) is 40.6 Å². The van der Waals surface area contributed by atoms with Crippen LogP contribution < -0.4 is 5.32 Å². The number of piperidine rings is 1. The van der Waals surface area contributed by atoms with Crippen LogP contribution >= 0.6 is 23.2 Å².